The van der Waals surface area contributed by atoms with Gasteiger partial charge in [-0.1, -0.05) is 0 Å². The van der Waals surface area contributed by atoms with E-state index >= 15 is 0 Å². The van der Waals surface area contributed by atoms with E-state index in [0.29, 0.717) is 44.1 Å². The summed E-state index contributed by atoms with van der Waals surface area (Å²) in [5.41, 5.74) is 0.389. The third kappa shape index (κ3) is 4.84. The third-order valence-corrected chi connectivity index (χ3v) is 6.87. The standard InChI is InChI=1S/C23H28F3N7O2/c24-6-3-18(25)22(35)33-15-1-2-16(33)12-32(11-15)20-4-7-27-23(30-20)29-14-9-19(26)21(28-10-14)31-8-5-17(34)13-31/h4,7,9-10,15-18,34H,1-3,5-6,8,11-13H2,(H,27,29,30)/t15?,16?,17-,18+/m1/s1. The van der Waals surface area contributed by atoms with Gasteiger partial charge >= 0.3 is 0 Å². The Balaban J connectivity index is 1.26. The molecule has 35 heavy (non-hydrogen) atoms. The molecular weight excluding hydrogens is 463 g/mol. The molecule has 2 bridgehead atoms. The average Bonchev–Trinajstić information content (AvgIpc) is 3.38. The Hall–Kier alpha value is -3.15. The number of carbonyl (C=O) groups is 1. The van der Waals surface area contributed by atoms with Crippen LogP contribution in [0, 0.1) is 5.82 Å². The van der Waals surface area contributed by atoms with Gasteiger partial charge in [0.2, 0.25) is 5.95 Å². The molecule has 0 aromatic carbocycles. The third-order valence-electron chi connectivity index (χ3n) is 6.87. The number of aromatic nitrogens is 3. The van der Waals surface area contributed by atoms with Gasteiger partial charge in [-0.15, -0.1) is 0 Å². The van der Waals surface area contributed by atoms with E-state index in [1.807, 2.05) is 4.90 Å². The first-order valence-electron chi connectivity index (χ1n) is 11.9. The molecule has 5 heterocycles. The maximum atomic E-state index is 14.6. The minimum absolute atomic E-state index is 0.152. The Kier molecular flexibility index (Phi) is 6.63. The van der Waals surface area contributed by atoms with Crippen LogP contribution in [0.15, 0.2) is 24.5 Å². The maximum Gasteiger partial charge on any atom is 0.257 e. The van der Waals surface area contributed by atoms with Crippen LogP contribution in [0.3, 0.4) is 0 Å². The lowest BCUT2D eigenvalue weighted by Crippen LogP contribution is -2.57. The summed E-state index contributed by atoms with van der Waals surface area (Å²) < 4.78 is 41.2. The Labute approximate surface area is 201 Å². The number of hydrogen-bond donors (Lipinski definition) is 2. The Morgan fingerprint density at radius 2 is 1.94 bits per heavy atom. The van der Waals surface area contributed by atoms with Crippen molar-refractivity contribution in [2.75, 3.05) is 48.0 Å². The molecule has 12 heteroatoms. The molecule has 3 saturated heterocycles. The van der Waals surface area contributed by atoms with Crippen LogP contribution in [0.2, 0.25) is 0 Å². The molecule has 3 fully saturated rings. The molecule has 2 unspecified atom stereocenters. The maximum absolute atomic E-state index is 14.6. The molecule has 188 valence electrons. The van der Waals surface area contributed by atoms with Crippen molar-refractivity contribution < 1.29 is 23.1 Å². The molecule has 3 aliphatic rings. The summed E-state index contributed by atoms with van der Waals surface area (Å²) in [6, 6.07) is 2.77. The summed E-state index contributed by atoms with van der Waals surface area (Å²) in [6.07, 6.45) is 2.50. The smallest absolute Gasteiger partial charge is 0.257 e. The van der Waals surface area contributed by atoms with Crippen molar-refractivity contribution in [2.24, 2.45) is 0 Å². The van der Waals surface area contributed by atoms with Crippen molar-refractivity contribution in [1.82, 2.24) is 19.9 Å². The molecule has 0 saturated carbocycles. The fourth-order valence-electron chi connectivity index (χ4n) is 5.21. The topological polar surface area (TPSA) is 97.7 Å². The number of rotatable bonds is 7. The summed E-state index contributed by atoms with van der Waals surface area (Å²) in [5.74, 6) is -0.0154. The van der Waals surface area contributed by atoms with Gasteiger partial charge < -0.3 is 25.1 Å². The van der Waals surface area contributed by atoms with Crippen molar-refractivity contribution in [1.29, 1.82) is 0 Å². The second kappa shape index (κ2) is 9.84. The number of hydrogen-bond acceptors (Lipinski definition) is 8. The number of nitrogens with zero attached hydrogens (tertiary/aromatic N) is 6. The lowest BCUT2D eigenvalue weighted by Gasteiger charge is -2.42. The normalized spacial score (nSPS) is 24.7. The fraction of sp³-hybridized carbons (Fsp3) is 0.565. The van der Waals surface area contributed by atoms with Crippen LogP contribution in [0.1, 0.15) is 25.7 Å². The lowest BCUT2D eigenvalue weighted by atomic mass is 10.1. The molecule has 2 N–H and O–H groups in total. The molecule has 2 aromatic heterocycles. The van der Waals surface area contributed by atoms with Crippen LogP contribution in [0.5, 0.6) is 0 Å². The average molecular weight is 492 g/mol. The van der Waals surface area contributed by atoms with Crippen LogP contribution in [-0.4, -0.2) is 88.1 Å². The summed E-state index contributed by atoms with van der Waals surface area (Å²) in [7, 11) is 0. The van der Waals surface area contributed by atoms with E-state index in [-0.39, 0.29) is 23.8 Å². The number of β-amino-alcohol motifs (C(OH)–C–C–N with tert-alkyl or cyclic N) is 1. The highest BCUT2D eigenvalue weighted by molar-refractivity contribution is 5.82. The van der Waals surface area contributed by atoms with Gasteiger partial charge in [-0.05, 0) is 25.3 Å². The van der Waals surface area contributed by atoms with Gasteiger partial charge in [0, 0.05) is 56.9 Å². The number of piperazine rings is 1. The minimum Gasteiger partial charge on any atom is -0.391 e. The number of halogens is 3. The van der Waals surface area contributed by atoms with Crippen LogP contribution < -0.4 is 15.1 Å². The number of aliphatic hydroxyl groups excluding tert-OH is 1. The van der Waals surface area contributed by atoms with Gasteiger partial charge in [-0.25, -0.2) is 18.7 Å². The summed E-state index contributed by atoms with van der Waals surface area (Å²) in [4.78, 5) is 30.8. The Morgan fingerprint density at radius 1 is 1.17 bits per heavy atom. The molecule has 0 spiro atoms. The molecule has 2 aromatic rings. The molecule has 4 atom stereocenters. The molecular formula is C23H28F3N7O2. The first kappa shape index (κ1) is 23.6. The largest absolute Gasteiger partial charge is 0.391 e. The van der Waals surface area contributed by atoms with Gasteiger partial charge in [0.15, 0.2) is 17.8 Å². The van der Waals surface area contributed by atoms with Gasteiger partial charge in [0.05, 0.1) is 24.7 Å². The summed E-state index contributed by atoms with van der Waals surface area (Å²) in [5, 5.41) is 12.7. The van der Waals surface area contributed by atoms with Crippen LogP contribution in [-0.2, 0) is 4.79 Å². The van der Waals surface area contributed by atoms with E-state index in [1.165, 1.54) is 12.3 Å². The highest BCUT2D eigenvalue weighted by atomic mass is 19.1. The number of fused-ring (bicyclic) bond motifs is 2. The number of nitrogens with one attached hydrogen (secondary N) is 1. The fourth-order valence-corrected chi connectivity index (χ4v) is 5.21. The number of amides is 1. The van der Waals surface area contributed by atoms with Crippen molar-refractivity contribution in [2.45, 2.75) is 50.0 Å². The van der Waals surface area contributed by atoms with Crippen molar-refractivity contribution in [3.63, 3.8) is 0 Å². The van der Waals surface area contributed by atoms with E-state index in [0.717, 1.165) is 12.8 Å². The highest BCUT2D eigenvalue weighted by Gasteiger charge is 2.44. The van der Waals surface area contributed by atoms with E-state index in [4.69, 9.17) is 0 Å². The monoisotopic (exact) mass is 491 g/mol. The molecule has 0 aliphatic carbocycles. The Morgan fingerprint density at radius 3 is 2.60 bits per heavy atom. The zero-order chi connectivity index (χ0) is 24.5. The highest BCUT2D eigenvalue weighted by Crippen LogP contribution is 2.33. The number of alkyl halides is 2. The van der Waals surface area contributed by atoms with Gasteiger partial charge in [-0.2, -0.15) is 4.98 Å². The zero-order valence-corrected chi connectivity index (χ0v) is 19.2. The number of carbonyl (C=O) groups excluding carboxylic acids is 1. The predicted molar refractivity (Wildman–Crippen MR) is 124 cm³/mol. The van der Waals surface area contributed by atoms with Crippen molar-refractivity contribution >= 4 is 29.2 Å². The minimum atomic E-state index is -1.81. The number of aliphatic hydroxyl groups is 1. The quantitative estimate of drug-likeness (QED) is 0.609. The van der Waals surface area contributed by atoms with Crippen molar-refractivity contribution in [3.8, 4) is 0 Å². The summed E-state index contributed by atoms with van der Waals surface area (Å²) >= 11 is 0. The van der Waals surface area contributed by atoms with E-state index in [9.17, 15) is 23.1 Å². The molecule has 1 amide bonds. The first-order chi connectivity index (χ1) is 16.9. The summed E-state index contributed by atoms with van der Waals surface area (Å²) in [6.45, 7) is 1.03. The second-order valence-electron chi connectivity index (χ2n) is 9.26. The number of pyridine rings is 1. The molecule has 0 radical (unpaired) electrons. The van der Waals surface area contributed by atoms with Crippen molar-refractivity contribution in [3.05, 3.63) is 30.3 Å². The van der Waals surface area contributed by atoms with Gasteiger partial charge in [0.1, 0.15) is 5.82 Å². The van der Waals surface area contributed by atoms with Crippen LogP contribution >= 0.6 is 0 Å². The molecule has 5 rings (SSSR count). The zero-order valence-electron chi connectivity index (χ0n) is 19.2. The van der Waals surface area contributed by atoms with Gasteiger partial charge in [0.25, 0.3) is 5.91 Å². The Bertz CT molecular complexity index is 1060. The van der Waals surface area contributed by atoms with Crippen LogP contribution in [0.4, 0.5) is 36.4 Å². The van der Waals surface area contributed by atoms with E-state index in [2.05, 4.69) is 20.3 Å². The predicted octanol–water partition coefficient (Wildman–Crippen LogP) is 2.20. The van der Waals surface area contributed by atoms with Gasteiger partial charge in [-0.3, -0.25) is 9.18 Å². The SMILES string of the molecule is O=C([C@@H](F)CCF)N1C2CCC1CN(c1ccnc(Nc3cnc(N4CC[C@@H](O)C4)c(F)c3)n1)C2. The first-order valence-corrected chi connectivity index (χ1v) is 11.9. The lowest BCUT2D eigenvalue weighted by molar-refractivity contribution is -0.140. The molecule has 3 aliphatic heterocycles. The van der Waals surface area contributed by atoms with Crippen LogP contribution in [0.25, 0.3) is 0 Å². The van der Waals surface area contributed by atoms with E-state index in [1.54, 1.807) is 22.1 Å². The number of anilines is 4. The van der Waals surface area contributed by atoms with E-state index < -0.39 is 37.1 Å². The second-order valence-corrected chi connectivity index (χ2v) is 9.26. The molecule has 9 nitrogen and oxygen atoms in total.